The summed E-state index contributed by atoms with van der Waals surface area (Å²) in [4.78, 5) is 10.9. The standard InChI is InChI=1S/C6H8BNO4/c1-8-6(9)4-2-5(7(10)11)12-3-4/h2-3,10-11H,1H3,(H,8,9). The fourth-order valence-corrected chi connectivity index (χ4v) is 0.752. The highest BCUT2D eigenvalue weighted by molar-refractivity contribution is 6.57. The molecule has 3 N–H and O–H groups in total. The zero-order chi connectivity index (χ0) is 9.14. The van der Waals surface area contributed by atoms with Crippen molar-refractivity contribution < 1.29 is 19.3 Å². The molecule has 0 saturated heterocycles. The second kappa shape index (κ2) is 3.42. The maximum Gasteiger partial charge on any atom is 0.526 e. The molecule has 0 unspecified atom stereocenters. The van der Waals surface area contributed by atoms with Crippen LogP contribution in [0.3, 0.4) is 0 Å². The molecular formula is C6H8BNO4. The van der Waals surface area contributed by atoms with E-state index in [4.69, 9.17) is 10.0 Å². The van der Waals surface area contributed by atoms with Crippen molar-refractivity contribution >= 4 is 18.7 Å². The van der Waals surface area contributed by atoms with Gasteiger partial charge in [0.2, 0.25) is 0 Å². The molecule has 1 rings (SSSR count). The molecule has 5 nitrogen and oxygen atoms in total. The van der Waals surface area contributed by atoms with Gasteiger partial charge >= 0.3 is 7.12 Å². The van der Waals surface area contributed by atoms with Crippen LogP contribution in [0.2, 0.25) is 0 Å². The summed E-state index contributed by atoms with van der Waals surface area (Å²) in [5.41, 5.74) is 0.217. The molecule has 0 spiro atoms. The highest BCUT2D eigenvalue weighted by atomic mass is 16.4. The van der Waals surface area contributed by atoms with Gasteiger partial charge in [-0.1, -0.05) is 0 Å². The number of carbonyl (C=O) groups excluding carboxylic acids is 1. The molecule has 1 aromatic heterocycles. The molecule has 1 aromatic rings. The molecule has 64 valence electrons. The van der Waals surface area contributed by atoms with E-state index in [1.54, 1.807) is 0 Å². The highest BCUT2D eigenvalue weighted by Crippen LogP contribution is 1.97. The minimum absolute atomic E-state index is 0.0476. The molecule has 0 aliphatic carbocycles. The normalized spacial score (nSPS) is 9.58. The van der Waals surface area contributed by atoms with Gasteiger partial charge in [-0.3, -0.25) is 4.79 Å². The van der Waals surface area contributed by atoms with Gasteiger partial charge in [0.25, 0.3) is 5.91 Å². The maximum atomic E-state index is 10.9. The van der Waals surface area contributed by atoms with Crippen LogP contribution in [0.4, 0.5) is 0 Å². The first-order valence-electron chi connectivity index (χ1n) is 3.32. The molecule has 0 aromatic carbocycles. The van der Waals surface area contributed by atoms with E-state index in [0.717, 1.165) is 6.26 Å². The van der Waals surface area contributed by atoms with Crippen molar-refractivity contribution in [3.8, 4) is 0 Å². The van der Waals surface area contributed by atoms with Crippen molar-refractivity contribution in [3.63, 3.8) is 0 Å². The number of furan rings is 1. The average molecular weight is 169 g/mol. The van der Waals surface area contributed by atoms with E-state index < -0.39 is 7.12 Å². The van der Waals surface area contributed by atoms with E-state index in [0.29, 0.717) is 0 Å². The minimum Gasteiger partial charge on any atom is -0.472 e. The van der Waals surface area contributed by atoms with Crippen LogP contribution in [-0.4, -0.2) is 30.1 Å². The Morgan fingerprint density at radius 3 is 2.75 bits per heavy atom. The molecule has 0 atom stereocenters. The van der Waals surface area contributed by atoms with Crippen LogP contribution in [-0.2, 0) is 0 Å². The lowest BCUT2D eigenvalue weighted by Crippen LogP contribution is -2.28. The van der Waals surface area contributed by atoms with Crippen molar-refractivity contribution in [1.82, 2.24) is 5.32 Å². The summed E-state index contributed by atoms with van der Waals surface area (Å²) in [6, 6.07) is 1.27. The van der Waals surface area contributed by atoms with Gasteiger partial charge in [0.1, 0.15) is 11.9 Å². The van der Waals surface area contributed by atoms with E-state index in [-0.39, 0.29) is 17.1 Å². The zero-order valence-electron chi connectivity index (χ0n) is 6.44. The predicted molar refractivity (Wildman–Crippen MR) is 41.9 cm³/mol. The zero-order valence-corrected chi connectivity index (χ0v) is 6.44. The second-order valence-electron chi connectivity index (χ2n) is 2.19. The van der Waals surface area contributed by atoms with Gasteiger partial charge in [-0.05, 0) is 6.07 Å². The number of nitrogens with one attached hydrogen (secondary N) is 1. The molecule has 1 heterocycles. The van der Waals surface area contributed by atoms with Crippen LogP contribution >= 0.6 is 0 Å². The lowest BCUT2D eigenvalue weighted by atomic mass is 9.87. The molecule has 0 bridgehead atoms. The first-order chi connectivity index (χ1) is 5.65. The highest BCUT2D eigenvalue weighted by Gasteiger charge is 2.17. The van der Waals surface area contributed by atoms with Crippen molar-refractivity contribution in [2.45, 2.75) is 0 Å². The van der Waals surface area contributed by atoms with Gasteiger partial charge in [0.05, 0.1) is 5.56 Å². The molecule has 0 saturated carbocycles. The first-order valence-corrected chi connectivity index (χ1v) is 3.32. The van der Waals surface area contributed by atoms with Gasteiger partial charge in [0.15, 0.2) is 0 Å². The average Bonchev–Trinajstić information content (AvgIpc) is 2.51. The monoisotopic (exact) mass is 169 g/mol. The predicted octanol–water partition coefficient (Wildman–Crippen LogP) is -1.68. The van der Waals surface area contributed by atoms with Crippen molar-refractivity contribution in [2.75, 3.05) is 7.05 Å². The van der Waals surface area contributed by atoms with Gasteiger partial charge in [-0.15, -0.1) is 0 Å². The van der Waals surface area contributed by atoms with E-state index in [1.807, 2.05) is 0 Å². The molecular weight excluding hydrogens is 161 g/mol. The third kappa shape index (κ3) is 1.66. The smallest absolute Gasteiger partial charge is 0.472 e. The van der Waals surface area contributed by atoms with Gasteiger partial charge in [-0.2, -0.15) is 0 Å². The third-order valence-electron chi connectivity index (χ3n) is 1.36. The number of hydrogen-bond donors (Lipinski definition) is 3. The molecule has 1 amide bonds. The summed E-state index contributed by atoms with van der Waals surface area (Å²) in [5.74, 6) is -0.328. The molecule has 6 heteroatoms. The van der Waals surface area contributed by atoms with E-state index >= 15 is 0 Å². The largest absolute Gasteiger partial charge is 0.526 e. The number of hydrogen-bond acceptors (Lipinski definition) is 4. The van der Waals surface area contributed by atoms with E-state index in [9.17, 15) is 4.79 Å². The summed E-state index contributed by atoms with van der Waals surface area (Å²) in [7, 11) is -0.201. The van der Waals surface area contributed by atoms with Crippen LogP contribution in [0.1, 0.15) is 10.4 Å². The van der Waals surface area contributed by atoms with E-state index in [2.05, 4.69) is 9.73 Å². The lowest BCUT2D eigenvalue weighted by molar-refractivity contribution is 0.0962. The van der Waals surface area contributed by atoms with Crippen LogP contribution in [0.15, 0.2) is 16.7 Å². The summed E-state index contributed by atoms with van der Waals surface area (Å²) < 4.78 is 4.69. The Bertz CT molecular complexity index is 283. The number of rotatable bonds is 2. The Hall–Kier alpha value is -1.27. The summed E-state index contributed by atoms with van der Waals surface area (Å²) in [5, 5.41) is 19.6. The third-order valence-corrected chi connectivity index (χ3v) is 1.36. The van der Waals surface area contributed by atoms with Crippen molar-refractivity contribution in [3.05, 3.63) is 17.9 Å². The fourth-order valence-electron chi connectivity index (χ4n) is 0.752. The molecule has 0 fully saturated rings. The summed E-state index contributed by atoms with van der Waals surface area (Å²) in [6.07, 6.45) is 1.16. The Labute approximate surface area is 69.1 Å². The topological polar surface area (TPSA) is 82.7 Å². The van der Waals surface area contributed by atoms with Crippen LogP contribution in [0.25, 0.3) is 0 Å². The summed E-state index contributed by atoms with van der Waals surface area (Å²) >= 11 is 0. The molecule has 0 radical (unpaired) electrons. The van der Waals surface area contributed by atoms with Crippen molar-refractivity contribution in [1.29, 1.82) is 0 Å². The van der Waals surface area contributed by atoms with Crippen LogP contribution in [0, 0.1) is 0 Å². The van der Waals surface area contributed by atoms with Crippen LogP contribution < -0.4 is 11.0 Å². The minimum atomic E-state index is -1.68. The number of carbonyl (C=O) groups is 1. The fraction of sp³-hybridized carbons (Fsp3) is 0.167. The first kappa shape index (κ1) is 8.83. The Kier molecular flexibility index (Phi) is 2.52. The van der Waals surface area contributed by atoms with E-state index in [1.165, 1.54) is 13.1 Å². The SMILES string of the molecule is CNC(=O)c1coc(B(O)O)c1. The molecule has 0 aliphatic heterocycles. The number of amides is 1. The van der Waals surface area contributed by atoms with Crippen molar-refractivity contribution in [2.24, 2.45) is 0 Å². The molecule has 0 aliphatic rings. The Morgan fingerprint density at radius 2 is 2.33 bits per heavy atom. The molecule has 12 heavy (non-hydrogen) atoms. The Balaban J connectivity index is 2.84. The Morgan fingerprint density at radius 1 is 1.67 bits per heavy atom. The van der Waals surface area contributed by atoms with Gasteiger partial charge in [-0.25, -0.2) is 0 Å². The lowest BCUT2D eigenvalue weighted by Gasteiger charge is -1.91. The van der Waals surface area contributed by atoms with Gasteiger partial charge < -0.3 is 19.8 Å². The quantitative estimate of drug-likeness (QED) is 0.461. The van der Waals surface area contributed by atoms with Gasteiger partial charge in [0, 0.05) is 7.05 Å². The summed E-state index contributed by atoms with van der Waals surface area (Å²) in [6.45, 7) is 0. The second-order valence-corrected chi connectivity index (χ2v) is 2.19. The maximum absolute atomic E-state index is 10.9. The van der Waals surface area contributed by atoms with Crippen LogP contribution in [0.5, 0.6) is 0 Å².